The summed E-state index contributed by atoms with van der Waals surface area (Å²) in [5.74, 6) is 0.958. The topological polar surface area (TPSA) is 83.6 Å². The molecule has 0 spiro atoms. The number of nitrogen functional groups attached to an aromatic ring is 1. The Morgan fingerprint density at radius 1 is 1.56 bits per heavy atom. The highest BCUT2D eigenvalue weighted by molar-refractivity contribution is 7.11. The van der Waals surface area contributed by atoms with E-state index in [0.717, 1.165) is 5.00 Å². The van der Waals surface area contributed by atoms with Crippen molar-refractivity contribution in [3.05, 3.63) is 0 Å². The molecule has 18 heavy (non-hydrogen) atoms. The van der Waals surface area contributed by atoms with Crippen molar-refractivity contribution in [3.8, 4) is 5.75 Å². The summed E-state index contributed by atoms with van der Waals surface area (Å²) in [6, 6.07) is 0. The Hall–Kier alpha value is -1.05. The van der Waals surface area contributed by atoms with Gasteiger partial charge in [-0.1, -0.05) is 0 Å². The molecule has 1 aromatic heterocycles. The van der Waals surface area contributed by atoms with Gasteiger partial charge in [-0.25, -0.2) is 0 Å². The van der Waals surface area contributed by atoms with Crippen molar-refractivity contribution in [2.24, 2.45) is 0 Å². The van der Waals surface area contributed by atoms with Gasteiger partial charge in [-0.05, 0) is 39.5 Å². The standard InChI is InChI=1S/C11H22N4O2S/c1-5-17-8-9(12)14-18-10(8)13-6-11(2,16)7-15(3)4/h13,16H,5-7H2,1-4H3,(H2,12,14). The van der Waals surface area contributed by atoms with Crippen molar-refractivity contribution >= 4 is 22.4 Å². The van der Waals surface area contributed by atoms with E-state index in [1.165, 1.54) is 11.5 Å². The first-order valence-corrected chi connectivity index (χ1v) is 6.62. The SMILES string of the molecule is CCOc1c(N)nsc1NCC(C)(O)CN(C)C. The van der Waals surface area contributed by atoms with Crippen LogP contribution in [0.15, 0.2) is 0 Å². The number of anilines is 2. The number of likely N-dealkylation sites (N-methyl/N-ethyl adjacent to an activating group) is 1. The molecule has 0 fully saturated rings. The largest absolute Gasteiger partial charge is 0.487 e. The molecule has 1 unspecified atom stereocenters. The molecule has 0 aromatic carbocycles. The van der Waals surface area contributed by atoms with Gasteiger partial charge in [0, 0.05) is 13.1 Å². The maximum absolute atomic E-state index is 10.2. The fraction of sp³-hybridized carbons (Fsp3) is 0.727. The number of ether oxygens (including phenoxy) is 1. The zero-order chi connectivity index (χ0) is 13.8. The molecule has 6 nitrogen and oxygen atoms in total. The number of aromatic nitrogens is 1. The second-order valence-corrected chi connectivity index (χ2v) is 5.52. The predicted octanol–water partition coefficient (Wildman–Crippen LogP) is 0.848. The minimum atomic E-state index is -0.828. The third-order valence-electron chi connectivity index (χ3n) is 2.25. The van der Waals surface area contributed by atoms with Crippen LogP contribution >= 0.6 is 11.5 Å². The first kappa shape index (κ1) is 15.0. The fourth-order valence-corrected chi connectivity index (χ4v) is 2.35. The molecule has 1 atom stereocenters. The van der Waals surface area contributed by atoms with E-state index in [1.807, 2.05) is 25.9 Å². The van der Waals surface area contributed by atoms with Crippen molar-refractivity contribution in [1.29, 1.82) is 0 Å². The summed E-state index contributed by atoms with van der Waals surface area (Å²) in [7, 11) is 3.84. The van der Waals surface area contributed by atoms with Gasteiger partial charge in [-0.15, -0.1) is 0 Å². The monoisotopic (exact) mass is 274 g/mol. The van der Waals surface area contributed by atoms with Crippen molar-refractivity contribution in [2.45, 2.75) is 19.4 Å². The highest BCUT2D eigenvalue weighted by Crippen LogP contribution is 2.35. The molecule has 4 N–H and O–H groups in total. The van der Waals surface area contributed by atoms with Crippen LogP contribution < -0.4 is 15.8 Å². The summed E-state index contributed by atoms with van der Waals surface area (Å²) in [6.07, 6.45) is 0. The highest BCUT2D eigenvalue weighted by atomic mass is 32.1. The number of aliphatic hydroxyl groups is 1. The molecule has 0 radical (unpaired) electrons. The maximum Gasteiger partial charge on any atom is 0.197 e. The van der Waals surface area contributed by atoms with Crippen molar-refractivity contribution in [1.82, 2.24) is 9.27 Å². The number of nitrogens with one attached hydrogen (secondary N) is 1. The van der Waals surface area contributed by atoms with Gasteiger partial charge in [0.05, 0.1) is 12.2 Å². The third kappa shape index (κ3) is 4.32. The van der Waals surface area contributed by atoms with Gasteiger partial charge >= 0.3 is 0 Å². The molecule has 104 valence electrons. The quantitative estimate of drug-likeness (QED) is 0.683. The normalized spacial score (nSPS) is 14.6. The van der Waals surface area contributed by atoms with E-state index >= 15 is 0 Å². The van der Waals surface area contributed by atoms with Gasteiger partial charge in [-0.2, -0.15) is 4.37 Å². The zero-order valence-corrected chi connectivity index (χ0v) is 12.2. The van der Waals surface area contributed by atoms with Gasteiger partial charge in [0.2, 0.25) is 0 Å². The van der Waals surface area contributed by atoms with Crippen molar-refractivity contribution in [2.75, 3.05) is 44.8 Å². The van der Waals surface area contributed by atoms with E-state index in [4.69, 9.17) is 10.5 Å². The Labute approximate surface area is 112 Å². The summed E-state index contributed by atoms with van der Waals surface area (Å²) in [5, 5.41) is 14.1. The number of rotatable bonds is 7. The molecule has 0 amide bonds. The first-order valence-electron chi connectivity index (χ1n) is 5.84. The molecular weight excluding hydrogens is 252 g/mol. The van der Waals surface area contributed by atoms with Crippen LogP contribution in [0.25, 0.3) is 0 Å². The van der Waals surface area contributed by atoms with Crippen LogP contribution in [0, 0.1) is 0 Å². The summed E-state index contributed by atoms with van der Waals surface area (Å²) in [5.41, 5.74) is 4.88. The van der Waals surface area contributed by atoms with E-state index in [-0.39, 0.29) is 0 Å². The Morgan fingerprint density at radius 3 is 2.78 bits per heavy atom. The molecule has 1 aromatic rings. The van der Waals surface area contributed by atoms with E-state index in [0.29, 0.717) is 31.3 Å². The summed E-state index contributed by atoms with van der Waals surface area (Å²) >= 11 is 1.24. The van der Waals surface area contributed by atoms with Crippen molar-refractivity contribution in [3.63, 3.8) is 0 Å². The molecule has 0 aliphatic rings. The Balaban J connectivity index is 2.63. The van der Waals surface area contributed by atoms with Crippen LogP contribution in [0.1, 0.15) is 13.8 Å². The molecule has 0 bridgehead atoms. The van der Waals surface area contributed by atoms with Crippen molar-refractivity contribution < 1.29 is 9.84 Å². The minimum absolute atomic E-state index is 0.386. The fourth-order valence-electron chi connectivity index (χ4n) is 1.70. The van der Waals surface area contributed by atoms with Crippen LogP contribution in [0.3, 0.4) is 0 Å². The zero-order valence-electron chi connectivity index (χ0n) is 11.4. The predicted molar refractivity (Wildman–Crippen MR) is 75.4 cm³/mol. The van der Waals surface area contributed by atoms with E-state index < -0.39 is 5.60 Å². The summed E-state index contributed by atoms with van der Waals surface area (Å²) < 4.78 is 9.46. The molecular formula is C11H22N4O2S. The molecule has 0 saturated heterocycles. The van der Waals surface area contributed by atoms with E-state index in [9.17, 15) is 5.11 Å². The van der Waals surface area contributed by atoms with Crippen LogP contribution in [-0.4, -0.2) is 53.8 Å². The lowest BCUT2D eigenvalue weighted by molar-refractivity contribution is 0.0460. The summed E-state index contributed by atoms with van der Waals surface area (Å²) in [6.45, 7) is 5.18. The maximum atomic E-state index is 10.2. The second-order valence-electron chi connectivity index (χ2n) is 4.75. The lowest BCUT2D eigenvalue weighted by atomic mass is 10.1. The molecule has 0 aliphatic heterocycles. The molecule has 1 heterocycles. The molecule has 1 rings (SSSR count). The van der Waals surface area contributed by atoms with Gasteiger partial charge in [0.25, 0.3) is 0 Å². The Kier molecular flexibility index (Phi) is 5.18. The lowest BCUT2D eigenvalue weighted by Crippen LogP contribution is -2.42. The highest BCUT2D eigenvalue weighted by Gasteiger charge is 2.22. The van der Waals surface area contributed by atoms with Crippen LogP contribution in [0.4, 0.5) is 10.8 Å². The average molecular weight is 274 g/mol. The van der Waals surface area contributed by atoms with Crippen LogP contribution in [0.5, 0.6) is 5.75 Å². The molecule has 0 aliphatic carbocycles. The number of hydrogen-bond donors (Lipinski definition) is 3. The van der Waals surface area contributed by atoms with Crippen LogP contribution in [0.2, 0.25) is 0 Å². The van der Waals surface area contributed by atoms with Gasteiger partial charge in [0.15, 0.2) is 16.6 Å². The van der Waals surface area contributed by atoms with Gasteiger partial charge in [0.1, 0.15) is 0 Å². The number of hydrogen-bond acceptors (Lipinski definition) is 7. The smallest absolute Gasteiger partial charge is 0.197 e. The second kappa shape index (κ2) is 6.21. The van der Waals surface area contributed by atoms with E-state index in [2.05, 4.69) is 9.69 Å². The first-order chi connectivity index (χ1) is 8.35. The lowest BCUT2D eigenvalue weighted by Gasteiger charge is -2.27. The van der Waals surface area contributed by atoms with Gasteiger partial charge < -0.3 is 25.8 Å². The number of nitrogens with zero attached hydrogens (tertiary/aromatic N) is 2. The van der Waals surface area contributed by atoms with Crippen LogP contribution in [-0.2, 0) is 0 Å². The third-order valence-corrected chi connectivity index (χ3v) is 3.05. The Morgan fingerprint density at radius 2 is 2.22 bits per heavy atom. The summed E-state index contributed by atoms with van der Waals surface area (Å²) in [4.78, 5) is 1.94. The molecule has 0 saturated carbocycles. The average Bonchev–Trinajstić information content (AvgIpc) is 2.57. The van der Waals surface area contributed by atoms with Gasteiger partial charge in [-0.3, -0.25) is 0 Å². The Bertz CT molecular complexity index is 379. The van der Waals surface area contributed by atoms with E-state index in [1.54, 1.807) is 6.92 Å². The molecule has 7 heteroatoms. The number of nitrogens with two attached hydrogens (primary N) is 1. The minimum Gasteiger partial charge on any atom is -0.487 e.